The van der Waals surface area contributed by atoms with Gasteiger partial charge in [0.25, 0.3) is 0 Å². The number of phenols is 1. The summed E-state index contributed by atoms with van der Waals surface area (Å²) in [7, 11) is 0. The van der Waals surface area contributed by atoms with Gasteiger partial charge in [0.2, 0.25) is 0 Å². The average molecular weight is 264 g/mol. The Morgan fingerprint density at radius 3 is 2.56 bits per heavy atom. The summed E-state index contributed by atoms with van der Waals surface area (Å²) in [5, 5.41) is 20.0. The summed E-state index contributed by atoms with van der Waals surface area (Å²) in [6, 6.07) is 2.27. The molecule has 90 valence electrons. The topological polar surface area (TPSA) is 66.5 Å². The number of nitrogens with two attached hydrogens (primary N) is 1. The van der Waals surface area contributed by atoms with Gasteiger partial charge in [0.15, 0.2) is 0 Å². The molecule has 0 aliphatic rings. The minimum Gasteiger partial charge on any atom is -0.506 e. The Morgan fingerprint density at radius 1 is 1.38 bits per heavy atom. The molecular formula is C11H15Cl2NO2. The van der Waals surface area contributed by atoms with Crippen LogP contribution in [0.4, 0.5) is 0 Å². The van der Waals surface area contributed by atoms with E-state index in [1.54, 1.807) is 0 Å². The van der Waals surface area contributed by atoms with E-state index in [9.17, 15) is 10.2 Å². The van der Waals surface area contributed by atoms with Crippen LogP contribution in [0.5, 0.6) is 5.75 Å². The molecule has 0 aliphatic carbocycles. The van der Waals surface area contributed by atoms with Gasteiger partial charge in [-0.3, -0.25) is 0 Å². The van der Waals surface area contributed by atoms with Gasteiger partial charge in [-0.05, 0) is 18.6 Å². The van der Waals surface area contributed by atoms with Crippen molar-refractivity contribution >= 4 is 23.2 Å². The standard InChI is InChI=1S/C11H15Cl2NO2/c1-2-3-9(15)10(14)7-4-6(12)5-8(13)11(7)16/h4-5,9-10,15-16H,2-3,14H2,1H3/t9-,10+/m1/s1. The fourth-order valence-corrected chi connectivity index (χ4v) is 2.03. The molecule has 1 aromatic carbocycles. The zero-order valence-electron chi connectivity index (χ0n) is 8.95. The molecule has 2 atom stereocenters. The molecule has 0 bridgehead atoms. The number of rotatable bonds is 4. The van der Waals surface area contributed by atoms with Gasteiger partial charge in [-0.1, -0.05) is 36.5 Å². The molecule has 1 aromatic rings. The Labute approximate surface area is 105 Å². The summed E-state index contributed by atoms with van der Waals surface area (Å²) in [4.78, 5) is 0. The van der Waals surface area contributed by atoms with Crippen molar-refractivity contribution in [2.24, 2.45) is 5.73 Å². The van der Waals surface area contributed by atoms with E-state index in [1.165, 1.54) is 12.1 Å². The summed E-state index contributed by atoms with van der Waals surface area (Å²) >= 11 is 11.6. The van der Waals surface area contributed by atoms with E-state index in [4.69, 9.17) is 28.9 Å². The number of phenolic OH excluding ortho intramolecular Hbond substituents is 1. The van der Waals surface area contributed by atoms with E-state index < -0.39 is 12.1 Å². The minimum absolute atomic E-state index is 0.117. The monoisotopic (exact) mass is 263 g/mol. The van der Waals surface area contributed by atoms with Gasteiger partial charge in [-0.2, -0.15) is 0 Å². The molecule has 0 aliphatic heterocycles. The third-order valence-corrected chi connectivity index (χ3v) is 2.92. The second-order valence-electron chi connectivity index (χ2n) is 3.71. The molecule has 0 saturated carbocycles. The lowest BCUT2D eigenvalue weighted by atomic mass is 9.98. The summed E-state index contributed by atoms with van der Waals surface area (Å²) < 4.78 is 0. The summed E-state index contributed by atoms with van der Waals surface area (Å²) in [5.41, 5.74) is 6.21. The van der Waals surface area contributed by atoms with Crippen LogP contribution in [0.15, 0.2) is 12.1 Å². The number of aliphatic hydroxyl groups is 1. The van der Waals surface area contributed by atoms with Gasteiger partial charge in [-0.15, -0.1) is 0 Å². The molecule has 0 amide bonds. The van der Waals surface area contributed by atoms with Crippen LogP contribution in [0.1, 0.15) is 31.4 Å². The van der Waals surface area contributed by atoms with Crippen molar-refractivity contribution in [3.8, 4) is 5.75 Å². The zero-order valence-corrected chi connectivity index (χ0v) is 10.5. The highest BCUT2D eigenvalue weighted by molar-refractivity contribution is 6.35. The number of benzene rings is 1. The molecule has 1 rings (SSSR count). The number of aromatic hydroxyl groups is 1. The van der Waals surface area contributed by atoms with Crippen LogP contribution < -0.4 is 5.73 Å². The van der Waals surface area contributed by atoms with Crippen LogP contribution in [0, 0.1) is 0 Å². The Hall–Kier alpha value is -0.480. The van der Waals surface area contributed by atoms with E-state index in [0.717, 1.165) is 6.42 Å². The normalized spacial score (nSPS) is 14.8. The number of hydrogen-bond acceptors (Lipinski definition) is 3. The van der Waals surface area contributed by atoms with E-state index in [1.807, 2.05) is 6.92 Å². The predicted molar refractivity (Wildman–Crippen MR) is 66.0 cm³/mol. The lowest BCUT2D eigenvalue weighted by Crippen LogP contribution is -2.26. The van der Waals surface area contributed by atoms with Crippen LogP contribution in [0.3, 0.4) is 0 Å². The van der Waals surface area contributed by atoms with Gasteiger partial charge < -0.3 is 15.9 Å². The Kier molecular flexibility index (Phi) is 4.87. The van der Waals surface area contributed by atoms with E-state index in [-0.39, 0.29) is 10.8 Å². The average Bonchev–Trinajstić information content (AvgIpc) is 2.22. The highest BCUT2D eigenvalue weighted by Crippen LogP contribution is 2.35. The Morgan fingerprint density at radius 2 is 2.00 bits per heavy atom. The summed E-state index contributed by atoms with van der Waals surface area (Å²) in [6.45, 7) is 1.95. The molecule has 0 saturated heterocycles. The Balaban J connectivity index is 3.03. The molecule has 16 heavy (non-hydrogen) atoms. The molecule has 0 fully saturated rings. The van der Waals surface area contributed by atoms with Crippen LogP contribution in [0.25, 0.3) is 0 Å². The summed E-state index contributed by atoms with van der Waals surface area (Å²) in [6.07, 6.45) is 0.653. The first-order valence-electron chi connectivity index (χ1n) is 5.09. The van der Waals surface area contributed by atoms with E-state index in [0.29, 0.717) is 17.0 Å². The molecule has 0 radical (unpaired) electrons. The molecule has 5 heteroatoms. The molecule has 0 spiro atoms. The fourth-order valence-electron chi connectivity index (χ4n) is 1.52. The SMILES string of the molecule is CCC[C@@H](O)[C@@H](N)c1cc(Cl)cc(Cl)c1O. The number of halogens is 2. The van der Waals surface area contributed by atoms with E-state index in [2.05, 4.69) is 0 Å². The molecular weight excluding hydrogens is 249 g/mol. The Bertz CT molecular complexity index is 371. The van der Waals surface area contributed by atoms with Gasteiger partial charge in [0, 0.05) is 10.6 Å². The molecule has 0 unspecified atom stereocenters. The molecule has 0 heterocycles. The third-order valence-electron chi connectivity index (χ3n) is 2.42. The third kappa shape index (κ3) is 3.01. The van der Waals surface area contributed by atoms with Crippen molar-refractivity contribution in [2.45, 2.75) is 31.9 Å². The second-order valence-corrected chi connectivity index (χ2v) is 4.55. The summed E-state index contributed by atoms with van der Waals surface area (Å²) in [5.74, 6) is -0.117. The largest absolute Gasteiger partial charge is 0.506 e. The first-order chi connectivity index (χ1) is 7.47. The predicted octanol–water partition coefficient (Wildman–Crippen LogP) is 2.86. The highest BCUT2D eigenvalue weighted by Gasteiger charge is 2.21. The van der Waals surface area contributed by atoms with Crippen LogP contribution in [-0.4, -0.2) is 16.3 Å². The smallest absolute Gasteiger partial charge is 0.139 e. The van der Waals surface area contributed by atoms with Gasteiger partial charge in [0.05, 0.1) is 17.2 Å². The first-order valence-corrected chi connectivity index (χ1v) is 5.84. The maximum absolute atomic E-state index is 9.76. The first kappa shape index (κ1) is 13.6. The fraction of sp³-hybridized carbons (Fsp3) is 0.455. The van der Waals surface area contributed by atoms with Gasteiger partial charge >= 0.3 is 0 Å². The van der Waals surface area contributed by atoms with Gasteiger partial charge in [-0.25, -0.2) is 0 Å². The van der Waals surface area contributed by atoms with Crippen LogP contribution in [0.2, 0.25) is 10.0 Å². The van der Waals surface area contributed by atoms with Crippen molar-refractivity contribution in [1.82, 2.24) is 0 Å². The zero-order chi connectivity index (χ0) is 12.3. The second kappa shape index (κ2) is 5.73. The van der Waals surface area contributed by atoms with Crippen molar-refractivity contribution < 1.29 is 10.2 Å². The highest BCUT2D eigenvalue weighted by atomic mass is 35.5. The van der Waals surface area contributed by atoms with Crippen molar-refractivity contribution in [2.75, 3.05) is 0 Å². The molecule has 0 aromatic heterocycles. The van der Waals surface area contributed by atoms with Crippen molar-refractivity contribution in [1.29, 1.82) is 0 Å². The maximum atomic E-state index is 9.76. The van der Waals surface area contributed by atoms with Crippen molar-refractivity contribution in [3.05, 3.63) is 27.7 Å². The quantitative estimate of drug-likeness (QED) is 0.783. The van der Waals surface area contributed by atoms with Crippen molar-refractivity contribution in [3.63, 3.8) is 0 Å². The maximum Gasteiger partial charge on any atom is 0.139 e. The minimum atomic E-state index is -0.717. The number of hydrogen-bond donors (Lipinski definition) is 3. The van der Waals surface area contributed by atoms with Crippen LogP contribution >= 0.6 is 23.2 Å². The molecule has 3 nitrogen and oxygen atoms in total. The van der Waals surface area contributed by atoms with Crippen LogP contribution in [-0.2, 0) is 0 Å². The number of aliphatic hydroxyl groups excluding tert-OH is 1. The molecule has 4 N–H and O–H groups in total. The lowest BCUT2D eigenvalue weighted by Gasteiger charge is -2.20. The van der Waals surface area contributed by atoms with E-state index >= 15 is 0 Å². The lowest BCUT2D eigenvalue weighted by molar-refractivity contribution is 0.133. The van der Waals surface area contributed by atoms with Gasteiger partial charge in [0.1, 0.15) is 5.75 Å².